The van der Waals surface area contributed by atoms with Crippen molar-refractivity contribution in [1.82, 2.24) is 9.88 Å². The van der Waals surface area contributed by atoms with Gasteiger partial charge in [-0.05, 0) is 26.4 Å². The van der Waals surface area contributed by atoms with Crippen LogP contribution in [0, 0.1) is 10.1 Å². The lowest BCUT2D eigenvalue weighted by atomic mass is 10.0. The topological polar surface area (TPSA) is 106 Å². The molecule has 1 fully saturated rings. The maximum atomic E-state index is 11.0. The van der Waals surface area contributed by atoms with Crippen LogP contribution < -0.4 is 4.74 Å². The number of hydrogen-bond acceptors (Lipinski definition) is 6. The second kappa shape index (κ2) is 6.49. The molecule has 1 atom stereocenters. The molecule has 114 valence electrons. The van der Waals surface area contributed by atoms with E-state index in [-0.39, 0.29) is 11.9 Å². The van der Waals surface area contributed by atoms with Gasteiger partial charge in [0.1, 0.15) is 18.4 Å². The van der Waals surface area contributed by atoms with Crippen LogP contribution in [0.3, 0.4) is 0 Å². The van der Waals surface area contributed by atoms with Crippen molar-refractivity contribution in [3.63, 3.8) is 0 Å². The molecule has 0 radical (unpaired) electrons. The SMILES string of the molecule is CN1CCCCC1COc1cc(C(=O)O)c([N+](=O)[O-])cn1. The number of piperidine rings is 1. The Morgan fingerprint density at radius 3 is 3.00 bits per heavy atom. The number of pyridine rings is 1. The summed E-state index contributed by atoms with van der Waals surface area (Å²) in [6.07, 6.45) is 4.22. The second-order valence-electron chi connectivity index (χ2n) is 5.04. The number of likely N-dealkylation sites (N-methyl/N-ethyl adjacent to an activating group) is 1. The van der Waals surface area contributed by atoms with Gasteiger partial charge in [0.05, 0.1) is 4.92 Å². The maximum Gasteiger partial charge on any atom is 0.342 e. The third-order valence-corrected chi connectivity index (χ3v) is 3.63. The number of carboxylic acids is 1. The van der Waals surface area contributed by atoms with Gasteiger partial charge in [0.15, 0.2) is 0 Å². The molecule has 0 aromatic carbocycles. The van der Waals surface area contributed by atoms with Gasteiger partial charge in [-0.3, -0.25) is 10.1 Å². The molecule has 1 unspecified atom stereocenters. The van der Waals surface area contributed by atoms with Gasteiger partial charge in [-0.1, -0.05) is 6.42 Å². The second-order valence-corrected chi connectivity index (χ2v) is 5.04. The van der Waals surface area contributed by atoms with Gasteiger partial charge >= 0.3 is 11.7 Å². The van der Waals surface area contributed by atoms with E-state index < -0.39 is 22.1 Å². The minimum atomic E-state index is -1.37. The van der Waals surface area contributed by atoms with Crippen LogP contribution in [0.1, 0.15) is 29.6 Å². The highest BCUT2D eigenvalue weighted by Gasteiger charge is 2.23. The molecule has 0 saturated carbocycles. The third kappa shape index (κ3) is 3.66. The number of nitrogens with zero attached hydrogens (tertiary/aromatic N) is 3. The summed E-state index contributed by atoms with van der Waals surface area (Å²) in [6.45, 7) is 1.39. The van der Waals surface area contributed by atoms with Crippen molar-refractivity contribution in [1.29, 1.82) is 0 Å². The van der Waals surface area contributed by atoms with Crippen molar-refractivity contribution in [2.45, 2.75) is 25.3 Å². The molecule has 0 spiro atoms. The lowest BCUT2D eigenvalue weighted by Gasteiger charge is -2.31. The summed E-state index contributed by atoms with van der Waals surface area (Å²) in [5, 5.41) is 19.7. The van der Waals surface area contributed by atoms with E-state index in [0.29, 0.717) is 6.61 Å². The minimum absolute atomic E-state index is 0.0944. The lowest BCUT2D eigenvalue weighted by Crippen LogP contribution is -2.40. The van der Waals surface area contributed by atoms with E-state index in [2.05, 4.69) is 9.88 Å². The highest BCUT2D eigenvalue weighted by atomic mass is 16.6. The molecule has 1 aliphatic heterocycles. The Bertz CT molecular complexity index is 549. The van der Waals surface area contributed by atoms with Gasteiger partial charge in [0.25, 0.3) is 0 Å². The highest BCUT2D eigenvalue weighted by molar-refractivity contribution is 5.92. The van der Waals surface area contributed by atoms with Crippen LogP contribution in [-0.4, -0.2) is 52.1 Å². The molecular weight excluding hydrogens is 278 g/mol. The van der Waals surface area contributed by atoms with Crippen LogP contribution in [-0.2, 0) is 0 Å². The number of likely N-dealkylation sites (tertiary alicyclic amines) is 1. The van der Waals surface area contributed by atoms with E-state index >= 15 is 0 Å². The Morgan fingerprint density at radius 2 is 2.38 bits per heavy atom. The van der Waals surface area contributed by atoms with Crippen LogP contribution in [0.2, 0.25) is 0 Å². The van der Waals surface area contributed by atoms with Crippen LogP contribution >= 0.6 is 0 Å². The smallest absolute Gasteiger partial charge is 0.342 e. The number of carbonyl (C=O) groups is 1. The van der Waals surface area contributed by atoms with Gasteiger partial charge in [0, 0.05) is 12.1 Å². The van der Waals surface area contributed by atoms with Gasteiger partial charge in [-0.25, -0.2) is 9.78 Å². The first-order valence-electron chi connectivity index (χ1n) is 6.70. The van der Waals surface area contributed by atoms with Crippen LogP contribution in [0.5, 0.6) is 5.88 Å². The van der Waals surface area contributed by atoms with Gasteiger partial charge in [0.2, 0.25) is 5.88 Å². The fraction of sp³-hybridized carbons (Fsp3) is 0.538. The molecule has 0 aliphatic carbocycles. The lowest BCUT2D eigenvalue weighted by molar-refractivity contribution is -0.385. The Morgan fingerprint density at radius 1 is 1.62 bits per heavy atom. The monoisotopic (exact) mass is 295 g/mol. The average molecular weight is 295 g/mol. The molecule has 2 rings (SSSR count). The zero-order valence-corrected chi connectivity index (χ0v) is 11.7. The largest absolute Gasteiger partial charge is 0.477 e. The Kier molecular flexibility index (Phi) is 4.69. The number of hydrogen-bond donors (Lipinski definition) is 1. The van der Waals surface area contributed by atoms with Gasteiger partial charge in [-0.2, -0.15) is 0 Å². The summed E-state index contributed by atoms with van der Waals surface area (Å²) >= 11 is 0. The summed E-state index contributed by atoms with van der Waals surface area (Å²) < 4.78 is 5.50. The van der Waals surface area contributed by atoms with Crippen molar-refractivity contribution < 1.29 is 19.6 Å². The normalized spacial score (nSPS) is 19.2. The van der Waals surface area contributed by atoms with Crippen molar-refractivity contribution >= 4 is 11.7 Å². The van der Waals surface area contributed by atoms with Gasteiger partial charge in [-0.15, -0.1) is 0 Å². The number of rotatable bonds is 5. The van der Waals surface area contributed by atoms with Crippen molar-refractivity contribution in [2.24, 2.45) is 0 Å². The standard InChI is InChI=1S/C13H17N3O5/c1-15-5-3-2-4-9(15)8-21-12-6-10(13(17)18)11(7-14-12)16(19)20/h6-7,9H,2-5,8H2,1H3,(H,17,18). The Hall–Kier alpha value is -2.22. The summed E-state index contributed by atoms with van der Waals surface area (Å²) in [6, 6.07) is 1.35. The first-order valence-corrected chi connectivity index (χ1v) is 6.70. The molecule has 2 heterocycles. The molecule has 1 N–H and O–H groups in total. The van der Waals surface area contributed by atoms with Gasteiger partial charge < -0.3 is 14.7 Å². The van der Waals surface area contributed by atoms with Crippen LogP contribution in [0.4, 0.5) is 5.69 Å². The molecular formula is C13H17N3O5. The molecule has 0 amide bonds. The van der Waals surface area contributed by atoms with E-state index in [1.54, 1.807) is 0 Å². The third-order valence-electron chi connectivity index (χ3n) is 3.63. The van der Waals surface area contributed by atoms with E-state index in [0.717, 1.165) is 38.1 Å². The molecule has 1 saturated heterocycles. The fourth-order valence-electron chi connectivity index (χ4n) is 2.36. The summed E-state index contributed by atoms with van der Waals surface area (Å²) in [5.74, 6) is -1.28. The molecule has 8 nitrogen and oxygen atoms in total. The van der Waals surface area contributed by atoms with E-state index in [4.69, 9.17) is 9.84 Å². The average Bonchev–Trinajstić information content (AvgIpc) is 2.46. The quantitative estimate of drug-likeness (QED) is 0.648. The summed E-state index contributed by atoms with van der Waals surface area (Å²) in [7, 11) is 2.01. The van der Waals surface area contributed by atoms with Crippen molar-refractivity contribution in [3.8, 4) is 5.88 Å². The number of ether oxygens (including phenoxy) is 1. The number of nitro groups is 1. The number of aromatic carboxylic acids is 1. The van der Waals surface area contributed by atoms with Crippen LogP contribution in [0.15, 0.2) is 12.3 Å². The number of carboxylic acid groups (broad SMARTS) is 1. The molecule has 1 aromatic heterocycles. The predicted octanol–water partition coefficient (Wildman–Crippen LogP) is 1.55. The van der Waals surface area contributed by atoms with E-state index in [1.165, 1.54) is 0 Å². The van der Waals surface area contributed by atoms with Crippen molar-refractivity contribution in [2.75, 3.05) is 20.2 Å². The molecule has 8 heteroatoms. The van der Waals surface area contributed by atoms with E-state index in [1.807, 2.05) is 7.05 Å². The zero-order valence-electron chi connectivity index (χ0n) is 11.7. The fourth-order valence-corrected chi connectivity index (χ4v) is 2.36. The zero-order chi connectivity index (χ0) is 15.4. The molecule has 1 aliphatic rings. The van der Waals surface area contributed by atoms with Crippen molar-refractivity contribution in [3.05, 3.63) is 27.9 Å². The summed E-state index contributed by atoms with van der Waals surface area (Å²) in [4.78, 5) is 27.0. The first kappa shape index (κ1) is 15.2. The van der Waals surface area contributed by atoms with Crippen LogP contribution in [0.25, 0.3) is 0 Å². The Balaban J connectivity index is 2.08. The molecule has 21 heavy (non-hydrogen) atoms. The minimum Gasteiger partial charge on any atom is -0.477 e. The Labute approximate surface area is 121 Å². The maximum absolute atomic E-state index is 11.0. The highest BCUT2D eigenvalue weighted by Crippen LogP contribution is 2.22. The predicted molar refractivity (Wildman–Crippen MR) is 73.6 cm³/mol. The number of aromatic nitrogens is 1. The molecule has 0 bridgehead atoms. The van der Waals surface area contributed by atoms with E-state index in [9.17, 15) is 14.9 Å². The molecule has 1 aromatic rings. The summed E-state index contributed by atoms with van der Waals surface area (Å²) in [5.41, 5.74) is -0.952. The first-order chi connectivity index (χ1) is 9.99.